The van der Waals surface area contributed by atoms with Crippen molar-refractivity contribution in [3.8, 4) is 0 Å². The molecule has 0 saturated carbocycles. The monoisotopic (exact) mass is 222 g/mol. The summed E-state index contributed by atoms with van der Waals surface area (Å²) < 4.78 is -0.695. The molecule has 1 aliphatic rings. The molecule has 0 aliphatic carbocycles. The molecule has 80 valence electrons. The molecule has 0 amide bonds. The van der Waals surface area contributed by atoms with Crippen LogP contribution in [0.4, 0.5) is 0 Å². The van der Waals surface area contributed by atoms with Crippen LogP contribution < -0.4 is 0 Å². The topological polar surface area (TPSA) is 37.3 Å². The van der Waals surface area contributed by atoms with Crippen LogP contribution in [0.25, 0.3) is 0 Å². The lowest BCUT2D eigenvalue weighted by Crippen LogP contribution is -2.34. The highest BCUT2D eigenvalue weighted by Crippen LogP contribution is 2.45. The van der Waals surface area contributed by atoms with Gasteiger partial charge in [0, 0.05) is 0 Å². The van der Waals surface area contributed by atoms with Gasteiger partial charge in [-0.25, -0.2) is 0 Å². The number of aliphatic carboxylic acids is 1. The Morgan fingerprint density at radius 2 is 2.00 bits per heavy atom. The highest BCUT2D eigenvalue weighted by atomic mass is 32.2. The van der Waals surface area contributed by atoms with E-state index in [-0.39, 0.29) is 0 Å². The van der Waals surface area contributed by atoms with E-state index in [2.05, 4.69) is 0 Å². The fraction of sp³-hybridized carbons (Fsp3) is 0.417. The predicted octanol–water partition coefficient (Wildman–Crippen LogP) is 2.88. The lowest BCUT2D eigenvalue weighted by Gasteiger charge is -2.32. The van der Waals surface area contributed by atoms with Crippen molar-refractivity contribution in [1.82, 2.24) is 0 Å². The first kappa shape index (κ1) is 10.6. The lowest BCUT2D eigenvalue weighted by molar-refractivity contribution is -0.140. The van der Waals surface area contributed by atoms with E-state index in [1.807, 2.05) is 30.3 Å². The van der Waals surface area contributed by atoms with E-state index in [1.54, 1.807) is 11.8 Å². The van der Waals surface area contributed by atoms with Crippen LogP contribution in [-0.4, -0.2) is 16.8 Å². The van der Waals surface area contributed by atoms with Crippen LogP contribution in [0.5, 0.6) is 0 Å². The molecule has 1 saturated heterocycles. The molecule has 0 radical (unpaired) electrons. The fourth-order valence-corrected chi connectivity index (χ4v) is 3.43. The Labute approximate surface area is 93.7 Å². The van der Waals surface area contributed by atoms with Gasteiger partial charge in [0.1, 0.15) is 4.75 Å². The molecule has 1 aliphatic heterocycles. The summed E-state index contributed by atoms with van der Waals surface area (Å²) >= 11 is 1.57. The maximum Gasteiger partial charge on any atom is 0.324 e. The van der Waals surface area contributed by atoms with Gasteiger partial charge in [0.2, 0.25) is 0 Å². The summed E-state index contributed by atoms with van der Waals surface area (Å²) in [5.74, 6) is 0.250. The third-order valence-electron chi connectivity index (χ3n) is 2.86. The zero-order chi connectivity index (χ0) is 10.7. The predicted molar refractivity (Wildman–Crippen MR) is 62.1 cm³/mol. The van der Waals surface area contributed by atoms with Crippen LogP contribution in [0, 0.1) is 0 Å². The fourth-order valence-electron chi connectivity index (χ4n) is 2.02. The van der Waals surface area contributed by atoms with Crippen molar-refractivity contribution in [3.63, 3.8) is 0 Å². The van der Waals surface area contributed by atoms with Gasteiger partial charge in [-0.2, -0.15) is 0 Å². The van der Waals surface area contributed by atoms with Crippen LogP contribution in [-0.2, 0) is 9.54 Å². The Balaban J connectivity index is 2.38. The number of hydrogen-bond donors (Lipinski definition) is 1. The first-order valence-electron chi connectivity index (χ1n) is 5.18. The Kier molecular flexibility index (Phi) is 3.00. The molecule has 0 unspecified atom stereocenters. The Hall–Kier alpha value is -0.960. The second-order valence-electron chi connectivity index (χ2n) is 3.80. The molecular formula is C12H14O2S. The molecule has 3 heteroatoms. The highest BCUT2D eigenvalue weighted by molar-refractivity contribution is 8.01. The van der Waals surface area contributed by atoms with Crippen LogP contribution >= 0.6 is 11.8 Å². The largest absolute Gasteiger partial charge is 0.480 e. The molecule has 2 rings (SSSR count). The number of benzene rings is 1. The van der Waals surface area contributed by atoms with Gasteiger partial charge in [0.05, 0.1) is 0 Å². The molecule has 1 aromatic carbocycles. The second kappa shape index (κ2) is 4.27. The van der Waals surface area contributed by atoms with E-state index >= 15 is 0 Å². The average molecular weight is 222 g/mol. The number of thioether (sulfide) groups is 1. The van der Waals surface area contributed by atoms with E-state index in [0.29, 0.717) is 0 Å². The molecule has 1 N–H and O–H groups in total. The molecule has 1 fully saturated rings. The van der Waals surface area contributed by atoms with Gasteiger partial charge >= 0.3 is 5.97 Å². The van der Waals surface area contributed by atoms with Gasteiger partial charge < -0.3 is 5.11 Å². The molecule has 0 aromatic heterocycles. The van der Waals surface area contributed by atoms with Crippen LogP contribution in [0.2, 0.25) is 0 Å². The first-order valence-corrected chi connectivity index (χ1v) is 6.17. The molecule has 0 bridgehead atoms. The molecule has 1 atom stereocenters. The van der Waals surface area contributed by atoms with Crippen molar-refractivity contribution >= 4 is 17.7 Å². The normalized spacial score (nSPS) is 26.1. The molecule has 0 spiro atoms. The summed E-state index contributed by atoms with van der Waals surface area (Å²) in [7, 11) is 0. The number of hydrogen-bond acceptors (Lipinski definition) is 2. The zero-order valence-electron chi connectivity index (χ0n) is 8.48. The molecule has 1 aromatic rings. The lowest BCUT2D eigenvalue weighted by atomic mass is 9.92. The van der Waals surface area contributed by atoms with Crippen molar-refractivity contribution in [2.45, 2.75) is 24.0 Å². The number of carboxylic acids is 1. The summed E-state index contributed by atoms with van der Waals surface area (Å²) in [6.07, 6.45) is 2.89. The third-order valence-corrected chi connectivity index (χ3v) is 4.46. The van der Waals surface area contributed by atoms with Crippen LogP contribution in [0.3, 0.4) is 0 Å². The summed E-state index contributed by atoms with van der Waals surface area (Å²) in [5.41, 5.74) is 0.933. The standard InChI is InChI=1S/C12H14O2S/c13-11(14)12(8-4-5-9-15-12)10-6-2-1-3-7-10/h1-3,6-7H,4-5,8-9H2,(H,13,14)/t12-/m1/s1. The number of rotatable bonds is 2. The third kappa shape index (κ3) is 1.88. The Morgan fingerprint density at radius 1 is 1.27 bits per heavy atom. The van der Waals surface area contributed by atoms with Gasteiger partial charge in [-0.05, 0) is 24.2 Å². The van der Waals surface area contributed by atoms with E-state index in [0.717, 1.165) is 30.6 Å². The van der Waals surface area contributed by atoms with E-state index in [9.17, 15) is 9.90 Å². The second-order valence-corrected chi connectivity index (χ2v) is 5.20. The van der Waals surface area contributed by atoms with Gasteiger partial charge in [-0.1, -0.05) is 36.8 Å². The van der Waals surface area contributed by atoms with Crippen LogP contribution in [0.1, 0.15) is 24.8 Å². The van der Waals surface area contributed by atoms with Crippen molar-refractivity contribution in [2.75, 3.05) is 5.75 Å². The first-order chi connectivity index (χ1) is 7.26. The van der Waals surface area contributed by atoms with Gasteiger partial charge in [0.25, 0.3) is 0 Å². The zero-order valence-corrected chi connectivity index (χ0v) is 9.30. The van der Waals surface area contributed by atoms with Crippen molar-refractivity contribution in [3.05, 3.63) is 35.9 Å². The number of carbonyl (C=O) groups is 1. The van der Waals surface area contributed by atoms with Crippen molar-refractivity contribution in [1.29, 1.82) is 0 Å². The minimum Gasteiger partial charge on any atom is -0.480 e. The summed E-state index contributed by atoms with van der Waals surface area (Å²) in [5, 5.41) is 9.42. The highest BCUT2D eigenvalue weighted by Gasteiger charge is 2.41. The van der Waals surface area contributed by atoms with Gasteiger partial charge in [-0.15, -0.1) is 11.8 Å². The summed E-state index contributed by atoms with van der Waals surface area (Å²) in [6.45, 7) is 0. The van der Waals surface area contributed by atoms with Crippen LogP contribution in [0.15, 0.2) is 30.3 Å². The summed E-state index contributed by atoms with van der Waals surface area (Å²) in [6, 6.07) is 9.59. The number of carboxylic acid groups (broad SMARTS) is 1. The minimum absolute atomic E-state index is 0.695. The van der Waals surface area contributed by atoms with Gasteiger partial charge in [-0.3, -0.25) is 4.79 Å². The maximum absolute atomic E-state index is 11.5. The Morgan fingerprint density at radius 3 is 2.53 bits per heavy atom. The molecule has 2 nitrogen and oxygen atoms in total. The van der Waals surface area contributed by atoms with Crippen molar-refractivity contribution < 1.29 is 9.90 Å². The smallest absolute Gasteiger partial charge is 0.324 e. The van der Waals surface area contributed by atoms with E-state index in [4.69, 9.17) is 0 Å². The molecular weight excluding hydrogens is 208 g/mol. The minimum atomic E-state index is -0.696. The average Bonchev–Trinajstić information content (AvgIpc) is 2.31. The quantitative estimate of drug-likeness (QED) is 0.836. The van der Waals surface area contributed by atoms with E-state index in [1.165, 1.54) is 0 Å². The maximum atomic E-state index is 11.5. The Bertz CT molecular complexity index is 342. The molecule has 15 heavy (non-hydrogen) atoms. The summed E-state index contributed by atoms with van der Waals surface area (Å²) in [4.78, 5) is 11.5. The SMILES string of the molecule is O=C(O)[C@]1(c2ccccc2)CCCCS1. The molecule has 1 heterocycles. The van der Waals surface area contributed by atoms with E-state index < -0.39 is 10.7 Å². The van der Waals surface area contributed by atoms with Crippen molar-refractivity contribution in [2.24, 2.45) is 0 Å². The van der Waals surface area contributed by atoms with Gasteiger partial charge in [0.15, 0.2) is 0 Å².